The number of carbonyl (C=O) groups excluding carboxylic acids is 2. The maximum absolute atomic E-state index is 13.5. The van der Waals surface area contributed by atoms with Gasteiger partial charge in [-0.2, -0.15) is 0 Å². The Kier molecular flexibility index (Phi) is 9.63. The SMILES string of the molecule is CCC[CH2][Sn]([CH2]CCC)([CH2]CCC)[c]1ccc2c(c1)C(=O)N(C)Cc1c(C(=O)OCC)ncn1-2. The zero-order valence-corrected chi connectivity index (χ0v) is 24.5. The van der Waals surface area contributed by atoms with Crippen LogP contribution in [0.5, 0.6) is 0 Å². The van der Waals surface area contributed by atoms with Crippen molar-refractivity contribution in [1.29, 1.82) is 0 Å². The van der Waals surface area contributed by atoms with Crippen LogP contribution in [0.25, 0.3) is 5.69 Å². The van der Waals surface area contributed by atoms with E-state index in [0.717, 1.165) is 11.3 Å². The number of amides is 1. The fraction of sp³-hybridized carbons (Fsp3) is 0.593. The van der Waals surface area contributed by atoms with Gasteiger partial charge in [0, 0.05) is 0 Å². The van der Waals surface area contributed by atoms with Crippen molar-refractivity contribution < 1.29 is 14.3 Å². The number of nitrogens with zero attached hydrogens (tertiary/aromatic N) is 3. The molecule has 1 aliphatic rings. The number of unbranched alkanes of at least 4 members (excludes halogenated alkanes) is 3. The molecule has 1 aromatic heterocycles. The summed E-state index contributed by atoms with van der Waals surface area (Å²) < 4.78 is 12.7. The number of hydrogen-bond donors (Lipinski definition) is 0. The summed E-state index contributed by atoms with van der Waals surface area (Å²) in [7, 11) is 1.80. The second-order valence-electron chi connectivity index (χ2n) is 9.61. The molecule has 34 heavy (non-hydrogen) atoms. The molecule has 0 unspecified atom stereocenters. The maximum atomic E-state index is 13.5. The fourth-order valence-electron chi connectivity index (χ4n) is 5.21. The first-order valence-corrected chi connectivity index (χ1v) is 20.5. The Hall–Kier alpha value is -1.83. The van der Waals surface area contributed by atoms with Crippen molar-refractivity contribution in [2.24, 2.45) is 0 Å². The zero-order valence-electron chi connectivity index (χ0n) is 21.7. The molecule has 1 aromatic carbocycles. The summed E-state index contributed by atoms with van der Waals surface area (Å²) in [6.07, 6.45) is 9.17. The molecule has 0 spiro atoms. The standard InChI is InChI=1S/C15H14N3O3.3C4H9.Sn/c1-3-21-15(20)13-12-8-17(2)14(19)10-6-4-5-7-11(10)18(12)9-16-13;3*1-3-4-2;/h5-7,9H,3,8H2,1-2H3;3*1,3-4H2,2H3;. The first-order chi connectivity index (χ1) is 16.4. The van der Waals surface area contributed by atoms with Crippen molar-refractivity contribution in [2.45, 2.75) is 86.1 Å². The van der Waals surface area contributed by atoms with Gasteiger partial charge < -0.3 is 0 Å². The van der Waals surface area contributed by atoms with Gasteiger partial charge >= 0.3 is 210 Å². The van der Waals surface area contributed by atoms with E-state index in [9.17, 15) is 9.59 Å². The number of rotatable bonds is 12. The Morgan fingerprint density at radius 1 is 1.03 bits per heavy atom. The van der Waals surface area contributed by atoms with Crippen LogP contribution in [0, 0.1) is 0 Å². The van der Waals surface area contributed by atoms with Crippen LogP contribution in [0.4, 0.5) is 0 Å². The number of fused-ring (bicyclic) bond motifs is 3. The second kappa shape index (κ2) is 12.2. The number of aromatic nitrogens is 2. The molecule has 6 nitrogen and oxygen atoms in total. The third-order valence-electron chi connectivity index (χ3n) is 7.19. The quantitative estimate of drug-likeness (QED) is 0.242. The van der Waals surface area contributed by atoms with Gasteiger partial charge in [-0.15, -0.1) is 0 Å². The average Bonchev–Trinajstić information content (AvgIpc) is 3.22. The van der Waals surface area contributed by atoms with Crippen LogP contribution in [0.3, 0.4) is 0 Å². The topological polar surface area (TPSA) is 64.4 Å². The molecule has 0 saturated carbocycles. The van der Waals surface area contributed by atoms with E-state index in [2.05, 4.69) is 44.0 Å². The number of benzene rings is 1. The molecular weight excluding hydrogens is 533 g/mol. The first kappa shape index (κ1) is 26.8. The Labute approximate surface area is 209 Å². The fourth-order valence-corrected chi connectivity index (χ4v) is 21.2. The van der Waals surface area contributed by atoms with E-state index >= 15 is 0 Å². The molecule has 0 saturated heterocycles. The number of carbonyl (C=O) groups is 2. The summed E-state index contributed by atoms with van der Waals surface area (Å²) in [5, 5.41) is 0. The van der Waals surface area contributed by atoms with E-state index in [0.29, 0.717) is 24.5 Å². The van der Waals surface area contributed by atoms with Gasteiger partial charge in [0.25, 0.3) is 0 Å². The van der Waals surface area contributed by atoms with E-state index in [4.69, 9.17) is 4.74 Å². The van der Waals surface area contributed by atoms with Gasteiger partial charge in [0.1, 0.15) is 0 Å². The molecule has 0 atom stereocenters. The summed E-state index contributed by atoms with van der Waals surface area (Å²) in [6, 6.07) is 6.64. The Morgan fingerprint density at radius 2 is 1.65 bits per heavy atom. The minimum absolute atomic E-state index is 0.0111. The number of ether oxygens (including phenoxy) is 1. The van der Waals surface area contributed by atoms with Gasteiger partial charge in [-0.3, -0.25) is 0 Å². The molecule has 186 valence electrons. The van der Waals surface area contributed by atoms with Crippen molar-refractivity contribution in [1.82, 2.24) is 14.5 Å². The van der Waals surface area contributed by atoms with Crippen molar-refractivity contribution in [3.63, 3.8) is 0 Å². The predicted molar refractivity (Wildman–Crippen MR) is 140 cm³/mol. The first-order valence-electron chi connectivity index (χ1n) is 13.1. The minimum atomic E-state index is -2.69. The number of imidazole rings is 1. The summed E-state index contributed by atoms with van der Waals surface area (Å²) >= 11 is -2.69. The molecule has 0 N–H and O–H groups in total. The van der Waals surface area contributed by atoms with E-state index < -0.39 is 24.3 Å². The van der Waals surface area contributed by atoms with E-state index in [1.54, 1.807) is 25.2 Å². The van der Waals surface area contributed by atoms with Gasteiger partial charge in [0.05, 0.1) is 0 Å². The molecule has 0 aliphatic carbocycles. The molecule has 0 radical (unpaired) electrons. The van der Waals surface area contributed by atoms with Gasteiger partial charge in [-0.25, -0.2) is 0 Å². The average molecular weight is 574 g/mol. The van der Waals surface area contributed by atoms with Crippen LogP contribution in [-0.2, 0) is 11.3 Å². The van der Waals surface area contributed by atoms with Crippen LogP contribution in [0.1, 0.15) is 92.8 Å². The molecule has 1 aliphatic heterocycles. The number of hydrogen-bond acceptors (Lipinski definition) is 4. The van der Waals surface area contributed by atoms with E-state index in [1.165, 1.54) is 55.4 Å². The van der Waals surface area contributed by atoms with Gasteiger partial charge in [-0.05, 0) is 0 Å². The summed E-state index contributed by atoms with van der Waals surface area (Å²) in [5.41, 5.74) is 2.55. The summed E-state index contributed by atoms with van der Waals surface area (Å²) in [4.78, 5) is 32.1. The molecule has 7 heteroatoms. The van der Waals surface area contributed by atoms with Gasteiger partial charge in [0.2, 0.25) is 0 Å². The molecule has 1 amide bonds. The van der Waals surface area contributed by atoms with Crippen LogP contribution in [0.15, 0.2) is 24.5 Å². The van der Waals surface area contributed by atoms with E-state index in [1.807, 2.05) is 4.57 Å². The third kappa shape index (κ3) is 5.52. The molecule has 0 fully saturated rings. The Bertz CT molecular complexity index is 979. The van der Waals surface area contributed by atoms with Crippen LogP contribution in [0.2, 0.25) is 13.3 Å². The second-order valence-corrected chi connectivity index (χ2v) is 22.9. The van der Waals surface area contributed by atoms with Crippen LogP contribution >= 0.6 is 0 Å². The monoisotopic (exact) mass is 575 g/mol. The molecule has 0 bridgehead atoms. The molecule has 3 rings (SSSR count). The van der Waals surface area contributed by atoms with Crippen LogP contribution in [-0.4, -0.2) is 58.4 Å². The summed E-state index contributed by atoms with van der Waals surface area (Å²) in [5.74, 6) is -0.428. The summed E-state index contributed by atoms with van der Waals surface area (Å²) in [6.45, 7) is 9.26. The van der Waals surface area contributed by atoms with Gasteiger partial charge in [0.15, 0.2) is 0 Å². The van der Waals surface area contributed by atoms with Crippen molar-refractivity contribution >= 4 is 33.8 Å². The molecular formula is C27H41N3O3Sn. The molecule has 2 heterocycles. The molecule has 2 aromatic rings. The Morgan fingerprint density at radius 3 is 2.21 bits per heavy atom. The number of esters is 1. The van der Waals surface area contributed by atoms with Crippen molar-refractivity contribution in [3.8, 4) is 5.69 Å². The van der Waals surface area contributed by atoms with Crippen molar-refractivity contribution in [3.05, 3.63) is 41.5 Å². The zero-order chi connectivity index (χ0) is 24.7. The van der Waals surface area contributed by atoms with Crippen molar-refractivity contribution in [2.75, 3.05) is 13.7 Å². The predicted octanol–water partition coefficient (Wildman–Crippen LogP) is 5.69. The van der Waals surface area contributed by atoms with Crippen LogP contribution < -0.4 is 3.58 Å². The van der Waals surface area contributed by atoms with E-state index in [-0.39, 0.29) is 5.91 Å². The Balaban J connectivity index is 2.13. The van der Waals surface area contributed by atoms with Gasteiger partial charge in [-0.1, -0.05) is 0 Å². The normalized spacial score (nSPS) is 13.4. The third-order valence-corrected chi connectivity index (χ3v) is 22.8.